The predicted molar refractivity (Wildman–Crippen MR) is 127 cm³/mol. The number of benzene rings is 2. The summed E-state index contributed by atoms with van der Waals surface area (Å²) in [6.07, 6.45) is 4.59. The van der Waals surface area contributed by atoms with Crippen LogP contribution in [0.25, 0.3) is 32.7 Å². The monoisotopic (exact) mass is 422 g/mol. The van der Waals surface area contributed by atoms with Crippen LogP contribution in [0.4, 0.5) is 0 Å². The van der Waals surface area contributed by atoms with Gasteiger partial charge in [0.1, 0.15) is 10.0 Å². The van der Waals surface area contributed by atoms with Gasteiger partial charge in [-0.15, -0.1) is 10.2 Å². The second-order valence-corrected chi connectivity index (χ2v) is 8.72. The van der Waals surface area contributed by atoms with Gasteiger partial charge in [-0.2, -0.15) is 0 Å². The smallest absolute Gasteiger partial charge is 0.159 e. The zero-order valence-corrected chi connectivity index (χ0v) is 18.1. The predicted octanol–water partition coefficient (Wildman–Crippen LogP) is 6.30. The lowest BCUT2D eigenvalue weighted by Crippen LogP contribution is -1.94. The van der Waals surface area contributed by atoms with Gasteiger partial charge in [-0.05, 0) is 55.2 Å². The Labute approximate surface area is 185 Å². The molecule has 0 unspecified atom stereocenters. The quantitative estimate of drug-likeness (QED) is 0.322. The van der Waals surface area contributed by atoms with Gasteiger partial charge in [-0.3, -0.25) is 0 Å². The topological polar surface area (TPSA) is 51.6 Å². The number of nitrogens with zero attached hydrogens (tertiary/aromatic N) is 4. The molecule has 0 aliphatic carbocycles. The van der Waals surface area contributed by atoms with E-state index in [0.717, 1.165) is 51.6 Å². The van der Waals surface area contributed by atoms with Crippen LogP contribution in [0.3, 0.4) is 0 Å². The third kappa shape index (κ3) is 4.52. The van der Waals surface area contributed by atoms with Gasteiger partial charge in [0.2, 0.25) is 0 Å². The van der Waals surface area contributed by atoms with Crippen LogP contribution in [-0.4, -0.2) is 20.2 Å². The lowest BCUT2D eigenvalue weighted by atomic mass is 10.0. The van der Waals surface area contributed by atoms with Gasteiger partial charge < -0.3 is 0 Å². The van der Waals surface area contributed by atoms with Crippen molar-refractivity contribution in [3.8, 4) is 21.7 Å². The van der Waals surface area contributed by atoms with E-state index in [1.807, 2.05) is 12.1 Å². The third-order valence-corrected chi connectivity index (χ3v) is 6.33. The molecule has 152 valence electrons. The summed E-state index contributed by atoms with van der Waals surface area (Å²) in [5.41, 5.74) is 6.72. The number of aromatic nitrogens is 4. The molecular formula is C26H22N4S. The van der Waals surface area contributed by atoms with Gasteiger partial charge in [0, 0.05) is 29.3 Å². The molecule has 0 amide bonds. The summed E-state index contributed by atoms with van der Waals surface area (Å²) < 4.78 is 0. The van der Waals surface area contributed by atoms with Crippen LogP contribution in [0.1, 0.15) is 22.7 Å². The molecule has 3 aromatic heterocycles. The van der Waals surface area contributed by atoms with Crippen molar-refractivity contribution in [2.24, 2.45) is 0 Å². The summed E-state index contributed by atoms with van der Waals surface area (Å²) >= 11 is 1.67. The summed E-state index contributed by atoms with van der Waals surface area (Å²) in [5.74, 6) is 0. The second kappa shape index (κ2) is 8.74. The Morgan fingerprint density at radius 2 is 1.65 bits per heavy atom. The van der Waals surface area contributed by atoms with Crippen molar-refractivity contribution in [2.45, 2.75) is 26.2 Å². The molecule has 0 N–H and O–H groups in total. The minimum Gasteiger partial charge on any atom is -0.237 e. The fraction of sp³-hybridized carbons (Fsp3) is 0.154. The molecule has 2 aromatic carbocycles. The van der Waals surface area contributed by atoms with E-state index in [0.29, 0.717) is 0 Å². The van der Waals surface area contributed by atoms with E-state index >= 15 is 0 Å². The lowest BCUT2D eigenvalue weighted by Gasteiger charge is -2.04. The molecule has 0 saturated carbocycles. The normalized spacial score (nSPS) is 11.1. The maximum absolute atomic E-state index is 4.65. The molecule has 3 heterocycles. The lowest BCUT2D eigenvalue weighted by molar-refractivity contribution is 0.786. The van der Waals surface area contributed by atoms with Crippen LogP contribution in [-0.2, 0) is 12.8 Å². The molecule has 5 aromatic rings. The van der Waals surface area contributed by atoms with Gasteiger partial charge in [-0.25, -0.2) is 9.97 Å². The molecule has 0 spiro atoms. The van der Waals surface area contributed by atoms with Gasteiger partial charge in [0.25, 0.3) is 0 Å². The van der Waals surface area contributed by atoms with Gasteiger partial charge in [-0.1, -0.05) is 65.4 Å². The molecular weight excluding hydrogens is 400 g/mol. The third-order valence-electron chi connectivity index (χ3n) is 5.30. The summed E-state index contributed by atoms with van der Waals surface area (Å²) in [6, 6.07) is 25.3. The van der Waals surface area contributed by atoms with Crippen molar-refractivity contribution in [3.63, 3.8) is 0 Å². The summed E-state index contributed by atoms with van der Waals surface area (Å²) in [4.78, 5) is 9.00. The van der Waals surface area contributed by atoms with Crippen molar-refractivity contribution in [3.05, 3.63) is 95.3 Å². The summed E-state index contributed by atoms with van der Waals surface area (Å²) in [5, 5.41) is 11.9. The van der Waals surface area contributed by atoms with Crippen molar-refractivity contribution in [1.82, 2.24) is 20.2 Å². The summed E-state index contributed by atoms with van der Waals surface area (Å²) in [6.45, 7) is 2.12. The second-order valence-electron chi connectivity index (χ2n) is 7.65. The molecule has 0 radical (unpaired) electrons. The first kappa shape index (κ1) is 19.5. The minimum absolute atomic E-state index is 0.812. The maximum Gasteiger partial charge on any atom is 0.159 e. The molecule has 4 nitrogen and oxygen atoms in total. The molecule has 0 aliphatic rings. The standard InChI is InChI=1S/C26H22N4S/c1-18-5-2-6-22(17-18)19-10-12-21(13-11-19)26-30-29-24(31-26)9-3-8-23-15-14-20-7-4-16-27-25(20)28-23/h2,4-7,10-17H,3,8-9H2,1H3. The van der Waals surface area contributed by atoms with Gasteiger partial charge >= 0.3 is 0 Å². The fourth-order valence-electron chi connectivity index (χ4n) is 3.65. The van der Waals surface area contributed by atoms with Crippen LogP contribution in [0.2, 0.25) is 0 Å². The van der Waals surface area contributed by atoms with E-state index in [1.54, 1.807) is 17.5 Å². The number of fused-ring (bicyclic) bond motifs is 1. The average Bonchev–Trinajstić information content (AvgIpc) is 3.28. The first-order valence-corrected chi connectivity index (χ1v) is 11.3. The van der Waals surface area contributed by atoms with Gasteiger partial charge in [0.15, 0.2) is 5.65 Å². The van der Waals surface area contributed by atoms with E-state index < -0.39 is 0 Å². The fourth-order valence-corrected chi connectivity index (χ4v) is 4.54. The first-order chi connectivity index (χ1) is 15.2. The number of pyridine rings is 2. The highest BCUT2D eigenvalue weighted by Crippen LogP contribution is 2.28. The maximum atomic E-state index is 4.65. The minimum atomic E-state index is 0.812. The van der Waals surface area contributed by atoms with Crippen molar-refractivity contribution in [2.75, 3.05) is 0 Å². The Kier molecular flexibility index (Phi) is 5.50. The van der Waals surface area contributed by atoms with Gasteiger partial charge in [0.05, 0.1) is 0 Å². The molecule has 0 aliphatic heterocycles. The molecule has 5 rings (SSSR count). The number of hydrogen-bond acceptors (Lipinski definition) is 5. The summed E-state index contributed by atoms with van der Waals surface area (Å²) in [7, 11) is 0. The van der Waals surface area contributed by atoms with Crippen LogP contribution in [0, 0.1) is 6.92 Å². The molecule has 0 atom stereocenters. The first-order valence-electron chi connectivity index (χ1n) is 10.5. The number of rotatable bonds is 6. The molecule has 0 saturated heterocycles. The number of hydrogen-bond donors (Lipinski definition) is 0. The largest absolute Gasteiger partial charge is 0.237 e. The molecule has 5 heteroatoms. The van der Waals surface area contributed by atoms with Crippen LogP contribution < -0.4 is 0 Å². The van der Waals surface area contributed by atoms with Crippen molar-refractivity contribution < 1.29 is 0 Å². The highest BCUT2D eigenvalue weighted by molar-refractivity contribution is 7.14. The Hall–Kier alpha value is -3.44. The average molecular weight is 423 g/mol. The van der Waals surface area contributed by atoms with Crippen LogP contribution in [0.5, 0.6) is 0 Å². The molecule has 31 heavy (non-hydrogen) atoms. The van der Waals surface area contributed by atoms with Crippen molar-refractivity contribution in [1.29, 1.82) is 0 Å². The van der Waals surface area contributed by atoms with E-state index in [4.69, 9.17) is 0 Å². The molecule has 0 bridgehead atoms. The Morgan fingerprint density at radius 3 is 2.52 bits per heavy atom. The number of aryl methyl sites for hydroxylation is 3. The van der Waals surface area contributed by atoms with E-state index in [9.17, 15) is 0 Å². The SMILES string of the molecule is Cc1cccc(-c2ccc(-c3nnc(CCCc4ccc5cccnc5n4)s3)cc2)c1. The molecule has 0 fully saturated rings. The van der Waals surface area contributed by atoms with Crippen LogP contribution in [0.15, 0.2) is 79.0 Å². The van der Waals surface area contributed by atoms with Crippen LogP contribution >= 0.6 is 11.3 Å². The highest BCUT2D eigenvalue weighted by Gasteiger charge is 2.08. The zero-order valence-electron chi connectivity index (χ0n) is 17.3. The van der Waals surface area contributed by atoms with E-state index in [-0.39, 0.29) is 0 Å². The van der Waals surface area contributed by atoms with Crippen molar-refractivity contribution >= 4 is 22.4 Å². The van der Waals surface area contributed by atoms with E-state index in [2.05, 4.69) is 87.8 Å². The zero-order chi connectivity index (χ0) is 21.0. The van der Waals surface area contributed by atoms with E-state index in [1.165, 1.54) is 16.7 Å². The Morgan fingerprint density at radius 1 is 0.774 bits per heavy atom. The Bertz CT molecular complexity index is 1320. The highest BCUT2D eigenvalue weighted by atomic mass is 32.1. The Balaban J connectivity index is 1.22.